The van der Waals surface area contributed by atoms with Gasteiger partial charge in [-0.3, -0.25) is 14.4 Å². The number of para-hydroxylation sites is 1. The Morgan fingerprint density at radius 3 is 2.36 bits per heavy atom. The lowest BCUT2D eigenvalue weighted by molar-refractivity contribution is -0.138. The number of nitrogens with zero attached hydrogens (tertiary/aromatic N) is 2. The predicted octanol–water partition coefficient (Wildman–Crippen LogP) is 2.93. The van der Waals surface area contributed by atoms with Gasteiger partial charge in [0.15, 0.2) is 0 Å². The number of rotatable bonds is 6. The van der Waals surface area contributed by atoms with Gasteiger partial charge in [0.25, 0.3) is 0 Å². The lowest BCUT2D eigenvalue weighted by Gasteiger charge is -2.33. The second-order valence-corrected chi connectivity index (χ2v) is 8.40. The van der Waals surface area contributed by atoms with Crippen molar-refractivity contribution in [2.24, 2.45) is 11.8 Å². The molecule has 0 saturated carbocycles. The smallest absolute Gasteiger partial charge is 0.228 e. The lowest BCUT2D eigenvalue weighted by atomic mass is 9.94. The summed E-state index contributed by atoms with van der Waals surface area (Å²) in [6.45, 7) is 1.33. The van der Waals surface area contributed by atoms with Crippen LogP contribution in [0.25, 0.3) is 0 Å². The third-order valence-corrected chi connectivity index (χ3v) is 6.37. The van der Waals surface area contributed by atoms with Gasteiger partial charge >= 0.3 is 0 Å². The molecule has 2 aliphatic heterocycles. The van der Waals surface area contributed by atoms with Crippen LogP contribution in [-0.2, 0) is 14.4 Å². The van der Waals surface area contributed by atoms with Gasteiger partial charge in [-0.1, -0.05) is 18.2 Å². The number of nitrogens with one attached hydrogen (secondary N) is 1. The first-order valence-electron chi connectivity index (χ1n) is 11.2. The fourth-order valence-electron chi connectivity index (χ4n) is 4.50. The van der Waals surface area contributed by atoms with Crippen molar-refractivity contribution in [3.63, 3.8) is 0 Å². The molecule has 1 N–H and O–H groups in total. The maximum Gasteiger partial charge on any atom is 0.228 e. The van der Waals surface area contributed by atoms with E-state index in [4.69, 9.17) is 9.47 Å². The molecule has 2 fully saturated rings. The zero-order chi connectivity index (χ0) is 23.4. The number of hydrogen-bond acceptors (Lipinski definition) is 5. The van der Waals surface area contributed by atoms with E-state index in [1.165, 1.54) is 0 Å². The molecule has 0 bridgehead atoms. The quantitative estimate of drug-likeness (QED) is 0.730. The van der Waals surface area contributed by atoms with Gasteiger partial charge in [-0.15, -0.1) is 0 Å². The van der Waals surface area contributed by atoms with Crippen LogP contribution in [0.5, 0.6) is 11.5 Å². The monoisotopic (exact) mass is 451 g/mol. The molecule has 3 amide bonds. The van der Waals surface area contributed by atoms with Gasteiger partial charge in [-0.05, 0) is 37.1 Å². The highest BCUT2D eigenvalue weighted by Gasteiger charge is 2.39. The van der Waals surface area contributed by atoms with Crippen molar-refractivity contribution in [2.75, 3.05) is 44.1 Å². The highest BCUT2D eigenvalue weighted by Crippen LogP contribution is 2.36. The molecule has 0 radical (unpaired) electrons. The van der Waals surface area contributed by atoms with Gasteiger partial charge in [0, 0.05) is 43.7 Å². The Morgan fingerprint density at radius 1 is 0.970 bits per heavy atom. The summed E-state index contributed by atoms with van der Waals surface area (Å²) >= 11 is 0. The van der Waals surface area contributed by atoms with Gasteiger partial charge in [0.05, 0.1) is 25.8 Å². The van der Waals surface area contributed by atoms with Crippen LogP contribution in [0.1, 0.15) is 19.3 Å². The maximum absolute atomic E-state index is 13.2. The SMILES string of the molecule is COc1ccc(OC)c(N2CC(C(=O)N3CCC(C(=O)Nc4ccccc4)CC3)CC2=O)c1. The average Bonchev–Trinajstić information content (AvgIpc) is 3.25. The number of likely N-dealkylation sites (tertiary alicyclic amines) is 1. The Hall–Kier alpha value is -3.55. The number of carbonyl (C=O) groups excluding carboxylic acids is 3. The second kappa shape index (κ2) is 9.94. The molecule has 2 aromatic carbocycles. The first-order chi connectivity index (χ1) is 16.0. The fourth-order valence-corrected chi connectivity index (χ4v) is 4.50. The summed E-state index contributed by atoms with van der Waals surface area (Å²) < 4.78 is 10.7. The molecule has 1 atom stereocenters. The molecular weight excluding hydrogens is 422 g/mol. The molecular formula is C25H29N3O5. The van der Waals surface area contributed by atoms with E-state index in [9.17, 15) is 14.4 Å². The van der Waals surface area contributed by atoms with Gasteiger partial charge in [0.2, 0.25) is 17.7 Å². The van der Waals surface area contributed by atoms with Crippen molar-refractivity contribution in [3.05, 3.63) is 48.5 Å². The average molecular weight is 452 g/mol. The molecule has 33 heavy (non-hydrogen) atoms. The van der Waals surface area contributed by atoms with Crippen LogP contribution in [0, 0.1) is 11.8 Å². The summed E-state index contributed by atoms with van der Waals surface area (Å²) in [5, 5.41) is 2.94. The minimum Gasteiger partial charge on any atom is -0.497 e. The van der Waals surface area contributed by atoms with E-state index in [0.717, 1.165) is 5.69 Å². The van der Waals surface area contributed by atoms with Gasteiger partial charge in [-0.25, -0.2) is 0 Å². The number of ether oxygens (including phenoxy) is 2. The van der Waals surface area contributed by atoms with Crippen molar-refractivity contribution in [3.8, 4) is 11.5 Å². The number of piperidine rings is 1. The normalized spacial score (nSPS) is 18.8. The third kappa shape index (κ3) is 4.94. The van der Waals surface area contributed by atoms with E-state index >= 15 is 0 Å². The Bertz CT molecular complexity index is 1020. The first kappa shape index (κ1) is 22.6. The molecule has 0 spiro atoms. The molecule has 4 rings (SSSR count). The standard InChI is InChI=1S/C25H29N3O5/c1-32-20-8-9-22(33-2)21(15-20)28-16-18(14-23(28)29)25(31)27-12-10-17(11-13-27)24(30)26-19-6-4-3-5-7-19/h3-9,15,17-18H,10-14,16H2,1-2H3,(H,26,30). The molecule has 0 aliphatic carbocycles. The van der Waals surface area contributed by atoms with E-state index in [-0.39, 0.29) is 30.1 Å². The Balaban J connectivity index is 1.35. The van der Waals surface area contributed by atoms with E-state index in [0.29, 0.717) is 49.7 Å². The highest BCUT2D eigenvalue weighted by molar-refractivity contribution is 6.01. The van der Waals surface area contributed by atoms with Crippen molar-refractivity contribution in [1.29, 1.82) is 0 Å². The van der Waals surface area contributed by atoms with E-state index in [1.807, 2.05) is 30.3 Å². The van der Waals surface area contributed by atoms with Crippen molar-refractivity contribution >= 4 is 29.1 Å². The molecule has 0 aromatic heterocycles. The summed E-state index contributed by atoms with van der Waals surface area (Å²) in [6, 6.07) is 14.6. The Kier molecular flexibility index (Phi) is 6.82. The molecule has 174 valence electrons. The number of methoxy groups -OCH3 is 2. The molecule has 2 saturated heterocycles. The Morgan fingerprint density at radius 2 is 1.70 bits per heavy atom. The van der Waals surface area contributed by atoms with Crippen LogP contribution in [0.3, 0.4) is 0 Å². The molecule has 1 unspecified atom stereocenters. The molecule has 2 heterocycles. The third-order valence-electron chi connectivity index (χ3n) is 6.37. The van der Waals surface area contributed by atoms with Crippen LogP contribution in [0.15, 0.2) is 48.5 Å². The molecule has 8 nitrogen and oxygen atoms in total. The lowest BCUT2D eigenvalue weighted by Crippen LogP contribution is -2.44. The minimum atomic E-state index is -0.414. The van der Waals surface area contributed by atoms with Crippen LogP contribution >= 0.6 is 0 Å². The van der Waals surface area contributed by atoms with Crippen molar-refractivity contribution in [2.45, 2.75) is 19.3 Å². The summed E-state index contributed by atoms with van der Waals surface area (Å²) in [7, 11) is 3.11. The van der Waals surface area contributed by atoms with Crippen LogP contribution < -0.4 is 19.7 Å². The van der Waals surface area contributed by atoms with E-state index in [2.05, 4.69) is 5.32 Å². The summed E-state index contributed by atoms with van der Waals surface area (Å²) in [4.78, 5) is 41.9. The number of hydrogen-bond donors (Lipinski definition) is 1. The number of benzene rings is 2. The molecule has 2 aliphatic rings. The van der Waals surface area contributed by atoms with Crippen LogP contribution in [0.4, 0.5) is 11.4 Å². The first-order valence-corrected chi connectivity index (χ1v) is 11.2. The predicted molar refractivity (Wildman–Crippen MR) is 124 cm³/mol. The zero-order valence-corrected chi connectivity index (χ0v) is 19.0. The maximum atomic E-state index is 13.2. The molecule has 2 aromatic rings. The topological polar surface area (TPSA) is 88.2 Å². The fraction of sp³-hybridized carbons (Fsp3) is 0.400. The van der Waals surface area contributed by atoms with Crippen LogP contribution in [0.2, 0.25) is 0 Å². The zero-order valence-electron chi connectivity index (χ0n) is 19.0. The highest BCUT2D eigenvalue weighted by atomic mass is 16.5. The van der Waals surface area contributed by atoms with Crippen molar-refractivity contribution in [1.82, 2.24) is 4.90 Å². The number of carbonyl (C=O) groups is 3. The van der Waals surface area contributed by atoms with Gasteiger partial charge in [0.1, 0.15) is 11.5 Å². The van der Waals surface area contributed by atoms with Crippen LogP contribution in [-0.4, -0.2) is 56.5 Å². The largest absolute Gasteiger partial charge is 0.497 e. The van der Waals surface area contributed by atoms with E-state index in [1.54, 1.807) is 42.2 Å². The molecule has 8 heteroatoms. The minimum absolute atomic E-state index is 0.0133. The van der Waals surface area contributed by atoms with Crippen molar-refractivity contribution < 1.29 is 23.9 Å². The van der Waals surface area contributed by atoms with Gasteiger partial charge < -0.3 is 24.6 Å². The summed E-state index contributed by atoms with van der Waals surface area (Å²) in [5.41, 5.74) is 1.38. The number of amides is 3. The van der Waals surface area contributed by atoms with Gasteiger partial charge in [-0.2, -0.15) is 0 Å². The second-order valence-electron chi connectivity index (χ2n) is 8.40. The Labute approximate surface area is 193 Å². The summed E-state index contributed by atoms with van der Waals surface area (Å²) in [6.07, 6.45) is 1.38. The van der Waals surface area contributed by atoms with E-state index < -0.39 is 5.92 Å². The number of anilines is 2. The summed E-state index contributed by atoms with van der Waals surface area (Å²) in [5.74, 6) is 0.471.